The number of carbonyl (C=O) groups excluding carboxylic acids is 1. The molecule has 0 spiro atoms. The number of nitrogens with one attached hydrogen (secondary N) is 1. The number of rotatable bonds is 59. The number of allylic oxidation sites excluding steroid dienone is 13. The summed E-state index contributed by atoms with van der Waals surface area (Å²) in [5.41, 5.74) is 0. The van der Waals surface area contributed by atoms with Gasteiger partial charge in [-0.2, -0.15) is 0 Å². The van der Waals surface area contributed by atoms with Gasteiger partial charge in [-0.1, -0.05) is 298 Å². The number of aliphatic hydroxyl groups excluding tert-OH is 1. The van der Waals surface area contributed by atoms with E-state index in [1.807, 2.05) is 27.2 Å². The average Bonchev–Trinajstić information content (AvgIpc) is 3.39. The molecule has 0 rings (SSSR count). The first kappa shape index (κ1) is 74.7. The second kappa shape index (κ2) is 58.3. The number of quaternary nitrogens is 1. The summed E-state index contributed by atoms with van der Waals surface area (Å²) in [6.07, 6.45) is 82.6. The van der Waals surface area contributed by atoms with Gasteiger partial charge in [-0.05, 0) is 70.6 Å². The molecule has 0 aliphatic rings. The molecule has 9 heteroatoms. The van der Waals surface area contributed by atoms with E-state index < -0.39 is 26.6 Å². The molecule has 0 saturated carbocycles. The van der Waals surface area contributed by atoms with Gasteiger partial charge in [0.2, 0.25) is 5.91 Å². The van der Waals surface area contributed by atoms with Gasteiger partial charge in [0.25, 0.3) is 7.82 Å². The predicted octanol–water partition coefficient (Wildman–Crippen LogP) is 19.7. The summed E-state index contributed by atoms with van der Waals surface area (Å²) < 4.78 is 23.4. The molecule has 0 radical (unpaired) electrons. The minimum absolute atomic E-state index is 0.0104. The molecule has 0 aromatic carbocycles. The summed E-state index contributed by atoms with van der Waals surface area (Å²) in [7, 11) is 1.24. The zero-order valence-electron chi connectivity index (χ0n) is 51.1. The van der Waals surface area contributed by atoms with Gasteiger partial charge in [-0.25, -0.2) is 0 Å². The third kappa shape index (κ3) is 61.2. The lowest BCUT2D eigenvalue weighted by molar-refractivity contribution is -0.870. The highest BCUT2D eigenvalue weighted by Gasteiger charge is 2.23. The van der Waals surface area contributed by atoms with E-state index in [0.717, 1.165) is 89.9 Å². The zero-order valence-corrected chi connectivity index (χ0v) is 52.0. The predicted molar refractivity (Wildman–Crippen MR) is 334 cm³/mol. The summed E-state index contributed by atoms with van der Waals surface area (Å²) in [6, 6.07) is -0.908. The molecule has 3 atom stereocenters. The van der Waals surface area contributed by atoms with Crippen molar-refractivity contribution in [3.8, 4) is 0 Å². The van der Waals surface area contributed by atoms with E-state index in [4.69, 9.17) is 9.05 Å². The van der Waals surface area contributed by atoms with Crippen LogP contribution in [0.25, 0.3) is 0 Å². The first-order valence-corrected chi connectivity index (χ1v) is 33.9. The lowest BCUT2D eigenvalue weighted by atomic mass is 10.0. The number of carbonyl (C=O) groups is 1. The molecule has 77 heavy (non-hydrogen) atoms. The van der Waals surface area contributed by atoms with Gasteiger partial charge < -0.3 is 28.8 Å². The topological polar surface area (TPSA) is 108 Å². The van der Waals surface area contributed by atoms with Gasteiger partial charge in [-0.15, -0.1) is 0 Å². The number of hydrogen-bond donors (Lipinski definition) is 2. The van der Waals surface area contributed by atoms with Crippen LogP contribution in [0.5, 0.6) is 0 Å². The van der Waals surface area contributed by atoms with Crippen LogP contribution in [0.2, 0.25) is 0 Å². The first-order chi connectivity index (χ1) is 37.5. The third-order valence-corrected chi connectivity index (χ3v) is 15.3. The van der Waals surface area contributed by atoms with Gasteiger partial charge in [0, 0.05) is 6.42 Å². The third-order valence-electron chi connectivity index (χ3n) is 14.4. The van der Waals surface area contributed by atoms with Crippen molar-refractivity contribution < 1.29 is 32.9 Å². The van der Waals surface area contributed by atoms with Crippen molar-refractivity contribution in [3.63, 3.8) is 0 Å². The van der Waals surface area contributed by atoms with E-state index in [2.05, 4.69) is 92.1 Å². The Hall–Kier alpha value is -2.32. The minimum Gasteiger partial charge on any atom is -0.756 e. The van der Waals surface area contributed by atoms with Crippen LogP contribution in [0, 0.1) is 0 Å². The smallest absolute Gasteiger partial charge is 0.268 e. The fraction of sp³-hybridized carbons (Fsp3) is 0.779. The van der Waals surface area contributed by atoms with Crippen LogP contribution in [0.15, 0.2) is 85.1 Å². The Morgan fingerprint density at radius 1 is 0.468 bits per heavy atom. The molecule has 0 fully saturated rings. The Balaban J connectivity index is 4.16. The molecule has 0 aliphatic heterocycles. The van der Waals surface area contributed by atoms with Crippen molar-refractivity contribution >= 4 is 13.7 Å². The maximum atomic E-state index is 13.0. The maximum Gasteiger partial charge on any atom is 0.268 e. The fourth-order valence-corrected chi connectivity index (χ4v) is 10.1. The van der Waals surface area contributed by atoms with Crippen LogP contribution in [-0.4, -0.2) is 68.5 Å². The SMILES string of the molecule is CC/C=C\C/C=C\C/C=C\C/C=C\C/C=C\C/C=C\CCCCCCC(=O)NC(COP(=O)([O-])OCC[N+](C)(C)C)C(O)/C=C/CCCCCCCCCCCCCCCCCCCCCCCCCCCCCCCC. The van der Waals surface area contributed by atoms with Crippen molar-refractivity contribution in [1.29, 1.82) is 0 Å². The van der Waals surface area contributed by atoms with Gasteiger partial charge in [0.15, 0.2) is 0 Å². The largest absolute Gasteiger partial charge is 0.756 e. The molecule has 2 N–H and O–H groups in total. The van der Waals surface area contributed by atoms with E-state index in [-0.39, 0.29) is 12.5 Å². The fourth-order valence-electron chi connectivity index (χ4n) is 9.34. The van der Waals surface area contributed by atoms with E-state index in [1.54, 1.807) is 6.08 Å². The summed E-state index contributed by atoms with van der Waals surface area (Å²) in [5.74, 6) is -0.222. The molecule has 0 aromatic rings. The Labute approximate surface area is 477 Å². The Morgan fingerprint density at radius 3 is 1.16 bits per heavy atom. The zero-order chi connectivity index (χ0) is 56.3. The lowest BCUT2D eigenvalue weighted by Crippen LogP contribution is -2.45. The number of hydrogen-bond acceptors (Lipinski definition) is 6. The van der Waals surface area contributed by atoms with Crippen LogP contribution in [0.3, 0.4) is 0 Å². The average molecular weight is 1100 g/mol. The Kier molecular flexibility index (Phi) is 56.6. The van der Waals surface area contributed by atoms with Crippen molar-refractivity contribution in [2.45, 2.75) is 302 Å². The van der Waals surface area contributed by atoms with Gasteiger partial charge >= 0.3 is 0 Å². The van der Waals surface area contributed by atoms with Crippen LogP contribution in [0.4, 0.5) is 0 Å². The van der Waals surface area contributed by atoms with Crippen LogP contribution >= 0.6 is 7.82 Å². The second-order valence-electron chi connectivity index (χ2n) is 23.1. The van der Waals surface area contributed by atoms with E-state index in [1.165, 1.54) is 180 Å². The van der Waals surface area contributed by atoms with Crippen molar-refractivity contribution in [1.82, 2.24) is 5.32 Å². The van der Waals surface area contributed by atoms with Gasteiger partial charge in [0.05, 0.1) is 39.9 Å². The highest BCUT2D eigenvalue weighted by Crippen LogP contribution is 2.38. The molecule has 0 saturated heterocycles. The van der Waals surface area contributed by atoms with Crippen molar-refractivity contribution in [2.75, 3.05) is 40.9 Å². The normalized spacial score (nSPS) is 14.3. The van der Waals surface area contributed by atoms with Crippen molar-refractivity contribution in [2.24, 2.45) is 0 Å². The minimum atomic E-state index is -4.61. The number of phosphoric ester groups is 1. The number of aliphatic hydroxyl groups is 1. The summed E-state index contributed by atoms with van der Waals surface area (Å²) >= 11 is 0. The Morgan fingerprint density at radius 2 is 0.792 bits per heavy atom. The van der Waals surface area contributed by atoms with Crippen LogP contribution in [-0.2, 0) is 18.4 Å². The van der Waals surface area contributed by atoms with E-state index >= 15 is 0 Å². The molecule has 0 aromatic heterocycles. The molecule has 0 heterocycles. The van der Waals surface area contributed by atoms with Crippen LogP contribution < -0.4 is 10.2 Å². The lowest BCUT2D eigenvalue weighted by Gasteiger charge is -2.29. The molecule has 3 unspecified atom stereocenters. The quantitative estimate of drug-likeness (QED) is 0.0272. The molecule has 0 aliphatic carbocycles. The highest BCUT2D eigenvalue weighted by molar-refractivity contribution is 7.45. The molecule has 448 valence electrons. The Bertz CT molecular complexity index is 1530. The monoisotopic (exact) mass is 1100 g/mol. The summed E-state index contributed by atoms with van der Waals surface area (Å²) in [5, 5.41) is 13.9. The second-order valence-corrected chi connectivity index (χ2v) is 24.5. The first-order valence-electron chi connectivity index (χ1n) is 32.4. The maximum absolute atomic E-state index is 13.0. The van der Waals surface area contributed by atoms with Crippen LogP contribution in [0.1, 0.15) is 290 Å². The highest BCUT2D eigenvalue weighted by atomic mass is 31.2. The number of unbranched alkanes of at least 4 members (excludes halogenated alkanes) is 34. The van der Waals surface area contributed by atoms with Crippen molar-refractivity contribution in [3.05, 3.63) is 85.1 Å². The number of phosphoric acid groups is 1. The standard InChI is InChI=1S/C68H125N2O6P/c1-6-8-10-12-14-16-18-20-22-24-26-28-30-31-32-33-34-35-36-37-38-40-41-43-45-47-49-51-53-55-57-59-61-67(71)66(65-76-77(73,74)75-64-63-70(3,4)5)69-68(72)62-60-58-56-54-52-50-48-46-44-42-39-29-27-25-23-21-19-17-15-13-11-9-7-2/h9,11,15,17,21,23,27,29,42,44,48,50,59,61,66-67,71H,6-8,10,12-14,16,18-20,22,24-26,28,30-41,43,45-47,49,51-58,60,62-65H2,1-5H3,(H-,69,72,73,74)/b11-9-,17-15-,23-21-,29-27-,44-42-,50-48-,61-59+. The summed E-state index contributed by atoms with van der Waals surface area (Å²) in [4.78, 5) is 25.6. The molecular weight excluding hydrogens is 972 g/mol. The van der Waals surface area contributed by atoms with E-state index in [0.29, 0.717) is 17.4 Å². The molecule has 1 amide bonds. The summed E-state index contributed by atoms with van der Waals surface area (Å²) in [6.45, 7) is 4.54. The van der Waals surface area contributed by atoms with E-state index in [9.17, 15) is 19.4 Å². The van der Waals surface area contributed by atoms with Gasteiger partial charge in [0.1, 0.15) is 13.2 Å². The van der Waals surface area contributed by atoms with Gasteiger partial charge in [-0.3, -0.25) is 9.36 Å². The molecule has 0 bridgehead atoms. The molecular formula is C68H125N2O6P. The number of nitrogens with zero attached hydrogens (tertiary/aromatic N) is 1. The molecule has 8 nitrogen and oxygen atoms in total. The number of amides is 1. The number of likely N-dealkylation sites (N-methyl/N-ethyl adjacent to an activating group) is 1.